The van der Waals surface area contributed by atoms with Gasteiger partial charge in [0, 0.05) is 31.4 Å². The Balaban J connectivity index is 1.66. The van der Waals surface area contributed by atoms with Gasteiger partial charge in [-0.3, -0.25) is 14.6 Å². The van der Waals surface area contributed by atoms with Gasteiger partial charge >= 0.3 is 0 Å². The number of amides is 2. The summed E-state index contributed by atoms with van der Waals surface area (Å²) in [7, 11) is 0. The molecule has 1 saturated heterocycles. The topological polar surface area (TPSA) is 62.3 Å². The first-order chi connectivity index (χ1) is 11.2. The Kier molecular flexibility index (Phi) is 4.66. The summed E-state index contributed by atoms with van der Waals surface area (Å²) in [5.74, 6) is -0.0315. The van der Waals surface area contributed by atoms with Crippen LogP contribution in [0.5, 0.6) is 0 Å². The Morgan fingerprint density at radius 3 is 2.87 bits per heavy atom. The molecule has 2 heterocycles. The van der Waals surface area contributed by atoms with Gasteiger partial charge in [-0.25, -0.2) is 0 Å². The first kappa shape index (κ1) is 15.2. The molecule has 1 aromatic carbocycles. The molecule has 0 saturated carbocycles. The van der Waals surface area contributed by atoms with Crippen LogP contribution >= 0.6 is 0 Å². The second-order valence-corrected chi connectivity index (χ2v) is 5.57. The van der Waals surface area contributed by atoms with Gasteiger partial charge in [-0.05, 0) is 42.7 Å². The fraction of sp³-hybridized carbons (Fsp3) is 0.278. The van der Waals surface area contributed by atoms with E-state index in [1.807, 2.05) is 29.2 Å². The van der Waals surface area contributed by atoms with Crippen LogP contribution in [0, 0.1) is 0 Å². The Bertz CT molecular complexity index is 700. The van der Waals surface area contributed by atoms with E-state index >= 15 is 0 Å². The lowest BCUT2D eigenvalue weighted by molar-refractivity contribution is -0.119. The normalized spacial score (nSPS) is 14.6. The molecular formula is C18H19N3O2. The molecule has 2 aromatic rings. The molecule has 1 N–H and O–H groups in total. The van der Waals surface area contributed by atoms with Gasteiger partial charge in [-0.15, -0.1) is 0 Å². The summed E-state index contributed by atoms with van der Waals surface area (Å²) in [6.07, 6.45) is 4.21. The van der Waals surface area contributed by atoms with Gasteiger partial charge < -0.3 is 10.2 Å². The van der Waals surface area contributed by atoms with Crippen molar-refractivity contribution in [3.63, 3.8) is 0 Å². The molecule has 3 rings (SSSR count). The Labute approximate surface area is 135 Å². The third kappa shape index (κ3) is 3.74. The number of aromatic nitrogens is 1. The number of carbonyl (C=O) groups excluding carboxylic acids is 2. The summed E-state index contributed by atoms with van der Waals surface area (Å²) in [6.45, 7) is 1.17. The molecular weight excluding hydrogens is 290 g/mol. The predicted molar refractivity (Wildman–Crippen MR) is 88.1 cm³/mol. The Hall–Kier alpha value is -2.69. The number of nitrogens with zero attached hydrogens (tertiary/aromatic N) is 2. The molecule has 118 valence electrons. The molecule has 1 fully saturated rings. The smallest absolute Gasteiger partial charge is 0.270 e. The van der Waals surface area contributed by atoms with E-state index in [4.69, 9.17) is 0 Å². The standard InChI is InChI=1S/C18H19N3O2/c22-17-9-2-4-11-21(17)15-7-5-6-14(12-15)13-20-18(23)16-8-1-3-10-19-16/h1,3,5-8,10,12H,2,4,9,11,13H2,(H,20,23). The summed E-state index contributed by atoms with van der Waals surface area (Å²) in [4.78, 5) is 29.9. The van der Waals surface area contributed by atoms with Crippen LogP contribution in [0.3, 0.4) is 0 Å². The lowest BCUT2D eigenvalue weighted by Gasteiger charge is -2.27. The molecule has 23 heavy (non-hydrogen) atoms. The molecule has 0 atom stereocenters. The molecule has 0 radical (unpaired) electrons. The van der Waals surface area contributed by atoms with E-state index in [2.05, 4.69) is 10.3 Å². The second-order valence-electron chi connectivity index (χ2n) is 5.57. The van der Waals surface area contributed by atoms with Gasteiger partial charge in [0.15, 0.2) is 0 Å². The van der Waals surface area contributed by atoms with Crippen molar-refractivity contribution >= 4 is 17.5 Å². The molecule has 2 amide bonds. The number of benzene rings is 1. The number of nitrogens with one attached hydrogen (secondary N) is 1. The highest BCUT2D eigenvalue weighted by Crippen LogP contribution is 2.21. The van der Waals surface area contributed by atoms with Crippen molar-refractivity contribution in [3.05, 3.63) is 59.9 Å². The van der Waals surface area contributed by atoms with Crippen LogP contribution in [0.25, 0.3) is 0 Å². The lowest BCUT2D eigenvalue weighted by Crippen LogP contribution is -2.35. The number of anilines is 1. The summed E-state index contributed by atoms with van der Waals surface area (Å²) >= 11 is 0. The third-order valence-corrected chi connectivity index (χ3v) is 3.90. The quantitative estimate of drug-likeness (QED) is 0.944. The third-order valence-electron chi connectivity index (χ3n) is 3.90. The van der Waals surface area contributed by atoms with Gasteiger partial charge in [0.05, 0.1) is 0 Å². The number of hydrogen-bond acceptors (Lipinski definition) is 3. The number of piperidine rings is 1. The van der Waals surface area contributed by atoms with Crippen molar-refractivity contribution in [2.75, 3.05) is 11.4 Å². The zero-order valence-electron chi connectivity index (χ0n) is 12.9. The van der Waals surface area contributed by atoms with E-state index in [1.165, 1.54) is 0 Å². The minimum atomic E-state index is -0.204. The predicted octanol–water partition coefficient (Wildman–Crippen LogP) is 2.53. The van der Waals surface area contributed by atoms with Gasteiger partial charge in [0.2, 0.25) is 5.91 Å². The van der Waals surface area contributed by atoms with E-state index in [0.717, 1.165) is 30.6 Å². The maximum absolute atomic E-state index is 12.0. The highest BCUT2D eigenvalue weighted by molar-refractivity contribution is 5.94. The summed E-state index contributed by atoms with van der Waals surface area (Å²) in [6, 6.07) is 13.0. The van der Waals surface area contributed by atoms with Gasteiger partial charge in [0.25, 0.3) is 5.91 Å². The maximum atomic E-state index is 12.0. The molecule has 1 aromatic heterocycles. The van der Waals surface area contributed by atoms with Gasteiger partial charge in [-0.1, -0.05) is 18.2 Å². The van der Waals surface area contributed by atoms with Crippen molar-refractivity contribution in [2.24, 2.45) is 0 Å². The average Bonchev–Trinajstić information content (AvgIpc) is 2.61. The molecule has 5 nitrogen and oxygen atoms in total. The van der Waals surface area contributed by atoms with Gasteiger partial charge in [0.1, 0.15) is 5.69 Å². The lowest BCUT2D eigenvalue weighted by atomic mass is 10.1. The summed E-state index contributed by atoms with van der Waals surface area (Å²) in [5.41, 5.74) is 2.26. The van der Waals surface area contributed by atoms with E-state index in [1.54, 1.807) is 24.4 Å². The molecule has 0 aliphatic carbocycles. The van der Waals surface area contributed by atoms with Crippen LogP contribution in [0.15, 0.2) is 48.7 Å². The second kappa shape index (κ2) is 7.05. The van der Waals surface area contributed by atoms with E-state index in [0.29, 0.717) is 18.7 Å². The highest BCUT2D eigenvalue weighted by atomic mass is 16.2. The molecule has 0 bridgehead atoms. The Morgan fingerprint density at radius 2 is 2.09 bits per heavy atom. The van der Waals surface area contributed by atoms with Crippen molar-refractivity contribution in [1.29, 1.82) is 0 Å². The summed E-state index contributed by atoms with van der Waals surface area (Å²) < 4.78 is 0. The number of hydrogen-bond donors (Lipinski definition) is 1. The van der Waals surface area contributed by atoms with Crippen LogP contribution < -0.4 is 10.2 Å². The van der Waals surface area contributed by atoms with Crippen LogP contribution in [0.1, 0.15) is 35.3 Å². The highest BCUT2D eigenvalue weighted by Gasteiger charge is 2.19. The SMILES string of the molecule is O=C(NCc1cccc(N2CCCCC2=O)c1)c1ccccn1. The first-order valence-corrected chi connectivity index (χ1v) is 7.82. The largest absolute Gasteiger partial charge is 0.347 e. The number of carbonyl (C=O) groups is 2. The molecule has 1 aliphatic heterocycles. The van der Waals surface area contributed by atoms with E-state index < -0.39 is 0 Å². The van der Waals surface area contributed by atoms with Gasteiger partial charge in [-0.2, -0.15) is 0 Å². The summed E-state index contributed by atoms with van der Waals surface area (Å²) in [5, 5.41) is 2.85. The van der Waals surface area contributed by atoms with Crippen molar-refractivity contribution in [3.8, 4) is 0 Å². The Morgan fingerprint density at radius 1 is 1.17 bits per heavy atom. The fourth-order valence-electron chi connectivity index (χ4n) is 2.68. The van der Waals surface area contributed by atoms with Crippen LogP contribution in [-0.4, -0.2) is 23.3 Å². The number of pyridine rings is 1. The van der Waals surface area contributed by atoms with Crippen molar-refractivity contribution < 1.29 is 9.59 Å². The molecule has 5 heteroatoms. The maximum Gasteiger partial charge on any atom is 0.270 e. The van der Waals surface area contributed by atoms with Crippen LogP contribution in [0.4, 0.5) is 5.69 Å². The molecule has 0 unspecified atom stereocenters. The molecule has 1 aliphatic rings. The van der Waals surface area contributed by atoms with Crippen molar-refractivity contribution in [1.82, 2.24) is 10.3 Å². The van der Waals surface area contributed by atoms with Crippen LogP contribution in [0.2, 0.25) is 0 Å². The zero-order chi connectivity index (χ0) is 16.1. The minimum absolute atomic E-state index is 0.172. The average molecular weight is 309 g/mol. The molecule has 0 spiro atoms. The first-order valence-electron chi connectivity index (χ1n) is 7.82. The van der Waals surface area contributed by atoms with E-state index in [-0.39, 0.29) is 11.8 Å². The van der Waals surface area contributed by atoms with Crippen molar-refractivity contribution in [2.45, 2.75) is 25.8 Å². The number of rotatable bonds is 4. The van der Waals surface area contributed by atoms with Crippen LogP contribution in [-0.2, 0) is 11.3 Å². The monoisotopic (exact) mass is 309 g/mol. The van der Waals surface area contributed by atoms with E-state index in [9.17, 15) is 9.59 Å². The zero-order valence-corrected chi connectivity index (χ0v) is 12.9. The fourth-order valence-corrected chi connectivity index (χ4v) is 2.68. The minimum Gasteiger partial charge on any atom is -0.347 e.